The summed E-state index contributed by atoms with van der Waals surface area (Å²) in [5.41, 5.74) is 19.5. The van der Waals surface area contributed by atoms with E-state index in [1.165, 1.54) is 55.6 Å². The molecule has 0 N–H and O–H groups in total. The number of hydrogen-bond acceptors (Lipinski definition) is 2. The lowest BCUT2D eigenvalue weighted by atomic mass is 9.67. The van der Waals surface area contributed by atoms with E-state index in [9.17, 15) is 0 Å². The monoisotopic (exact) mass is 803 g/mol. The molecule has 1 aromatic heterocycles. The Bertz CT molecular complexity index is 3370. The summed E-state index contributed by atoms with van der Waals surface area (Å²) in [7, 11) is 0. The molecule has 0 amide bonds. The Labute approximate surface area is 367 Å². The Morgan fingerprint density at radius 3 is 1.35 bits per heavy atom. The molecule has 0 saturated heterocycles. The molecular formula is C61H41NO. The summed E-state index contributed by atoms with van der Waals surface area (Å²) >= 11 is 0. The Morgan fingerprint density at radius 2 is 0.714 bits per heavy atom. The first-order valence-corrected chi connectivity index (χ1v) is 21.7. The van der Waals surface area contributed by atoms with Crippen LogP contribution in [0.3, 0.4) is 0 Å². The molecule has 1 aliphatic carbocycles. The van der Waals surface area contributed by atoms with Crippen molar-refractivity contribution in [1.82, 2.24) is 0 Å². The fourth-order valence-electron chi connectivity index (χ4n) is 10.0. The molecule has 63 heavy (non-hydrogen) atoms. The molecule has 10 aromatic carbocycles. The summed E-state index contributed by atoms with van der Waals surface area (Å²) in [5.74, 6) is 0. The Balaban J connectivity index is 0.866. The van der Waals surface area contributed by atoms with E-state index >= 15 is 0 Å². The van der Waals surface area contributed by atoms with Gasteiger partial charge in [-0.25, -0.2) is 0 Å². The van der Waals surface area contributed by atoms with Crippen LogP contribution in [0.5, 0.6) is 0 Å². The lowest BCUT2D eigenvalue weighted by Crippen LogP contribution is -2.28. The first-order chi connectivity index (χ1) is 31.2. The molecule has 11 aromatic rings. The van der Waals surface area contributed by atoms with Gasteiger partial charge in [0.2, 0.25) is 0 Å². The molecule has 0 saturated carbocycles. The average molecular weight is 804 g/mol. The SMILES string of the molecule is c1ccc(N(c2ccc(-c3ccc(-c4ccc5c(c4)oc4ccccc45)cc3)cc2)c2ccc(-c3ccc4c(c3)C(c3ccccc3)(c3ccccc3)c3ccccc3-4)cc2)cc1. The molecular weight excluding hydrogens is 763 g/mol. The number of anilines is 3. The highest BCUT2D eigenvalue weighted by Crippen LogP contribution is 2.56. The van der Waals surface area contributed by atoms with E-state index in [0.717, 1.165) is 50.1 Å². The molecule has 0 aliphatic heterocycles. The first-order valence-electron chi connectivity index (χ1n) is 21.7. The van der Waals surface area contributed by atoms with Crippen LogP contribution in [0.2, 0.25) is 0 Å². The van der Waals surface area contributed by atoms with Crippen LogP contribution in [0.1, 0.15) is 22.3 Å². The van der Waals surface area contributed by atoms with E-state index < -0.39 is 5.41 Å². The minimum Gasteiger partial charge on any atom is -0.456 e. The zero-order valence-corrected chi connectivity index (χ0v) is 34.5. The number of fused-ring (bicyclic) bond motifs is 6. The van der Waals surface area contributed by atoms with Crippen LogP contribution in [-0.4, -0.2) is 0 Å². The first kappa shape index (κ1) is 36.6. The van der Waals surface area contributed by atoms with Gasteiger partial charge in [0.25, 0.3) is 0 Å². The van der Waals surface area contributed by atoms with Crippen LogP contribution in [0.15, 0.2) is 253 Å². The average Bonchev–Trinajstić information content (AvgIpc) is 3.89. The Hall–Kier alpha value is -8.20. The van der Waals surface area contributed by atoms with Crippen LogP contribution < -0.4 is 4.90 Å². The summed E-state index contributed by atoms with van der Waals surface area (Å²) in [4.78, 5) is 2.33. The molecule has 2 nitrogen and oxygen atoms in total. The van der Waals surface area contributed by atoms with Gasteiger partial charge in [0.05, 0.1) is 5.41 Å². The maximum Gasteiger partial charge on any atom is 0.136 e. The van der Waals surface area contributed by atoms with Crippen molar-refractivity contribution in [2.24, 2.45) is 0 Å². The van der Waals surface area contributed by atoms with E-state index in [2.05, 4.69) is 241 Å². The number of para-hydroxylation sites is 2. The van der Waals surface area contributed by atoms with Gasteiger partial charge in [-0.15, -0.1) is 0 Å². The predicted molar refractivity (Wildman–Crippen MR) is 262 cm³/mol. The van der Waals surface area contributed by atoms with Gasteiger partial charge in [-0.3, -0.25) is 0 Å². The molecule has 1 aliphatic rings. The molecule has 2 heteroatoms. The number of nitrogens with zero attached hydrogens (tertiary/aromatic N) is 1. The number of hydrogen-bond donors (Lipinski definition) is 0. The minimum atomic E-state index is -0.437. The van der Waals surface area contributed by atoms with Gasteiger partial charge in [-0.2, -0.15) is 0 Å². The van der Waals surface area contributed by atoms with E-state index in [-0.39, 0.29) is 0 Å². The van der Waals surface area contributed by atoms with Crippen molar-refractivity contribution in [1.29, 1.82) is 0 Å². The predicted octanol–water partition coefficient (Wildman–Crippen LogP) is 16.4. The number of rotatable bonds is 8. The van der Waals surface area contributed by atoms with Crippen LogP contribution in [0, 0.1) is 0 Å². The van der Waals surface area contributed by atoms with Gasteiger partial charge in [-0.05, 0) is 127 Å². The zero-order valence-electron chi connectivity index (χ0n) is 34.5. The normalized spacial score (nSPS) is 12.6. The summed E-state index contributed by atoms with van der Waals surface area (Å²) in [5, 5.41) is 2.29. The van der Waals surface area contributed by atoms with Crippen molar-refractivity contribution in [3.8, 4) is 44.5 Å². The second-order valence-electron chi connectivity index (χ2n) is 16.4. The van der Waals surface area contributed by atoms with Crippen LogP contribution in [0.4, 0.5) is 17.1 Å². The van der Waals surface area contributed by atoms with Crippen molar-refractivity contribution < 1.29 is 4.42 Å². The second-order valence-corrected chi connectivity index (χ2v) is 16.4. The quantitative estimate of drug-likeness (QED) is 0.152. The van der Waals surface area contributed by atoms with Crippen molar-refractivity contribution in [2.75, 3.05) is 4.90 Å². The highest BCUT2D eigenvalue weighted by Gasteiger charge is 2.46. The third kappa shape index (κ3) is 6.10. The van der Waals surface area contributed by atoms with Crippen molar-refractivity contribution >= 4 is 39.0 Å². The third-order valence-corrected chi connectivity index (χ3v) is 13.0. The molecule has 0 bridgehead atoms. The molecule has 0 spiro atoms. The van der Waals surface area contributed by atoms with Gasteiger partial charge in [-0.1, -0.05) is 188 Å². The van der Waals surface area contributed by atoms with E-state index in [1.807, 2.05) is 12.1 Å². The van der Waals surface area contributed by atoms with E-state index in [0.29, 0.717) is 0 Å². The maximum absolute atomic E-state index is 6.18. The third-order valence-electron chi connectivity index (χ3n) is 13.0. The standard InChI is InChI=1S/C61H41NO/c1-4-14-48(15-5-1)61(49-16-6-2-7-17-49)57-22-12-10-20-53(57)54-38-32-46(40-58(54)61)45-30-36-52(37-31-45)62(50-18-8-3-9-19-50)51-34-28-43(29-35-51)42-24-26-44(27-25-42)47-33-39-56-55-21-11-13-23-59(55)63-60(56)41-47/h1-41H. The van der Waals surface area contributed by atoms with Crippen molar-refractivity contribution in [3.05, 3.63) is 271 Å². The maximum atomic E-state index is 6.18. The molecule has 0 fully saturated rings. The second kappa shape index (κ2) is 15.1. The van der Waals surface area contributed by atoms with Gasteiger partial charge in [0.15, 0.2) is 0 Å². The molecule has 0 atom stereocenters. The number of benzene rings is 10. The minimum absolute atomic E-state index is 0.437. The van der Waals surface area contributed by atoms with Gasteiger partial charge in [0, 0.05) is 27.8 Å². The topological polar surface area (TPSA) is 16.4 Å². The Kier molecular flexibility index (Phi) is 8.76. The zero-order chi connectivity index (χ0) is 41.7. The van der Waals surface area contributed by atoms with Gasteiger partial charge >= 0.3 is 0 Å². The molecule has 296 valence electrons. The largest absolute Gasteiger partial charge is 0.456 e. The fourth-order valence-corrected chi connectivity index (χ4v) is 10.0. The van der Waals surface area contributed by atoms with Crippen LogP contribution in [-0.2, 0) is 5.41 Å². The molecule has 12 rings (SSSR count). The lowest BCUT2D eigenvalue weighted by molar-refractivity contribution is 0.669. The highest BCUT2D eigenvalue weighted by atomic mass is 16.3. The van der Waals surface area contributed by atoms with Crippen molar-refractivity contribution in [3.63, 3.8) is 0 Å². The number of furan rings is 1. The Morgan fingerprint density at radius 1 is 0.286 bits per heavy atom. The van der Waals surface area contributed by atoms with Crippen molar-refractivity contribution in [2.45, 2.75) is 5.41 Å². The van der Waals surface area contributed by atoms with Crippen LogP contribution in [0.25, 0.3) is 66.4 Å². The molecule has 0 radical (unpaired) electrons. The summed E-state index contributed by atoms with van der Waals surface area (Å²) < 4.78 is 6.18. The smallest absolute Gasteiger partial charge is 0.136 e. The van der Waals surface area contributed by atoms with Crippen LogP contribution >= 0.6 is 0 Å². The highest BCUT2D eigenvalue weighted by molar-refractivity contribution is 6.06. The molecule has 1 heterocycles. The summed E-state index contributed by atoms with van der Waals surface area (Å²) in [6.45, 7) is 0. The lowest BCUT2D eigenvalue weighted by Gasteiger charge is -2.34. The molecule has 0 unspecified atom stereocenters. The van der Waals surface area contributed by atoms with Gasteiger partial charge < -0.3 is 9.32 Å². The van der Waals surface area contributed by atoms with E-state index in [1.54, 1.807) is 0 Å². The summed E-state index contributed by atoms with van der Waals surface area (Å²) in [6, 6.07) is 90.1. The van der Waals surface area contributed by atoms with E-state index in [4.69, 9.17) is 4.42 Å². The van der Waals surface area contributed by atoms with Gasteiger partial charge in [0.1, 0.15) is 11.2 Å². The fraction of sp³-hybridized carbons (Fsp3) is 0.0164. The summed E-state index contributed by atoms with van der Waals surface area (Å²) in [6.07, 6.45) is 0.